The number of nitrogens with one attached hydrogen (secondary N) is 1. The molecule has 0 radical (unpaired) electrons. The van der Waals surface area contributed by atoms with Crippen LogP contribution in [0.3, 0.4) is 0 Å². The van der Waals surface area contributed by atoms with Crippen molar-refractivity contribution >= 4 is 0 Å². The van der Waals surface area contributed by atoms with Crippen molar-refractivity contribution in [3.63, 3.8) is 0 Å². The number of hydrogen-bond acceptors (Lipinski definition) is 6. The molecule has 0 saturated carbocycles. The maximum Gasteiger partial charge on any atom is 0.180 e. The van der Waals surface area contributed by atoms with E-state index in [-0.39, 0.29) is 5.92 Å². The van der Waals surface area contributed by atoms with Gasteiger partial charge >= 0.3 is 0 Å². The lowest BCUT2D eigenvalue weighted by atomic mass is 9.98. The van der Waals surface area contributed by atoms with Gasteiger partial charge in [0.05, 0.1) is 6.54 Å². The Kier molecular flexibility index (Phi) is 6.45. The molecular formula is C27H28N8. The van der Waals surface area contributed by atoms with Crippen LogP contribution in [0.1, 0.15) is 48.1 Å². The Labute approximate surface area is 204 Å². The van der Waals surface area contributed by atoms with E-state index in [1.54, 1.807) is 0 Å². The molecule has 0 aliphatic rings. The molecule has 5 aromatic rings. The van der Waals surface area contributed by atoms with Gasteiger partial charge in [0.25, 0.3) is 0 Å². The van der Waals surface area contributed by atoms with Crippen molar-refractivity contribution in [2.24, 2.45) is 5.73 Å². The first-order valence-electron chi connectivity index (χ1n) is 11.7. The summed E-state index contributed by atoms with van der Waals surface area (Å²) in [5, 5.41) is 19.2. The van der Waals surface area contributed by atoms with Gasteiger partial charge in [0.15, 0.2) is 11.6 Å². The molecule has 2 aromatic heterocycles. The van der Waals surface area contributed by atoms with Crippen LogP contribution in [-0.2, 0) is 19.5 Å². The van der Waals surface area contributed by atoms with Gasteiger partial charge in [0.1, 0.15) is 5.82 Å². The fourth-order valence-corrected chi connectivity index (χ4v) is 4.05. The summed E-state index contributed by atoms with van der Waals surface area (Å²) in [5.41, 5.74) is 12.4. The number of rotatable bonds is 8. The third kappa shape index (κ3) is 5.02. The quantitative estimate of drug-likeness (QED) is 0.353. The first kappa shape index (κ1) is 22.6. The van der Waals surface area contributed by atoms with Crippen molar-refractivity contribution in [2.45, 2.75) is 39.3 Å². The van der Waals surface area contributed by atoms with Crippen molar-refractivity contribution in [2.75, 3.05) is 0 Å². The summed E-state index contributed by atoms with van der Waals surface area (Å²) >= 11 is 0. The third-order valence-corrected chi connectivity index (χ3v) is 6.03. The molecular weight excluding hydrogens is 436 g/mol. The SMILES string of the molecule is CC(C)c1nc(Cc2ccc(CN)cc2)n(Cc2ccc(-c3ccccc3-c3nnn[nH]3)cc2)n1. The summed E-state index contributed by atoms with van der Waals surface area (Å²) in [6.45, 7) is 5.44. The van der Waals surface area contributed by atoms with Crippen LogP contribution in [-0.4, -0.2) is 35.4 Å². The molecule has 3 aromatic carbocycles. The van der Waals surface area contributed by atoms with E-state index in [2.05, 4.69) is 89.1 Å². The number of nitrogens with zero attached hydrogens (tertiary/aromatic N) is 6. The van der Waals surface area contributed by atoms with Gasteiger partial charge in [-0.05, 0) is 38.2 Å². The Morgan fingerprint density at radius 3 is 2.20 bits per heavy atom. The zero-order valence-electron chi connectivity index (χ0n) is 19.9. The number of aromatic amines is 1. The Morgan fingerprint density at radius 2 is 1.54 bits per heavy atom. The second kappa shape index (κ2) is 9.99. The van der Waals surface area contributed by atoms with Crippen LogP contribution in [0.4, 0.5) is 0 Å². The zero-order valence-corrected chi connectivity index (χ0v) is 19.9. The van der Waals surface area contributed by atoms with E-state index in [1.165, 1.54) is 5.56 Å². The standard InChI is InChI=1S/C27H28N8/c1-18(2)26-29-25(15-19-7-9-20(16-28)10-8-19)35(32-26)17-21-11-13-22(14-12-21)23-5-3-4-6-24(23)27-30-33-34-31-27/h3-14,18H,15-17,28H2,1-2H3,(H,30,31,33,34). The topological polar surface area (TPSA) is 111 Å². The first-order valence-corrected chi connectivity index (χ1v) is 11.7. The van der Waals surface area contributed by atoms with Crippen molar-refractivity contribution in [1.82, 2.24) is 35.4 Å². The van der Waals surface area contributed by atoms with Crippen LogP contribution in [0.25, 0.3) is 22.5 Å². The minimum atomic E-state index is 0.263. The first-order chi connectivity index (χ1) is 17.1. The normalized spacial score (nSPS) is 11.3. The highest BCUT2D eigenvalue weighted by atomic mass is 15.5. The summed E-state index contributed by atoms with van der Waals surface area (Å²) in [4.78, 5) is 4.85. The average molecular weight is 465 g/mol. The van der Waals surface area contributed by atoms with Crippen molar-refractivity contribution in [1.29, 1.82) is 0 Å². The molecule has 8 nitrogen and oxygen atoms in total. The summed E-state index contributed by atoms with van der Waals surface area (Å²) in [7, 11) is 0. The van der Waals surface area contributed by atoms with Crippen LogP contribution in [0.15, 0.2) is 72.8 Å². The van der Waals surface area contributed by atoms with Crippen LogP contribution >= 0.6 is 0 Å². The lowest BCUT2D eigenvalue weighted by Crippen LogP contribution is -2.08. The molecule has 2 heterocycles. The van der Waals surface area contributed by atoms with Crippen LogP contribution in [0.5, 0.6) is 0 Å². The maximum atomic E-state index is 5.74. The number of hydrogen-bond donors (Lipinski definition) is 2. The molecule has 176 valence electrons. The van der Waals surface area contributed by atoms with Crippen LogP contribution < -0.4 is 5.73 Å². The predicted octanol–water partition coefficient (Wildman–Crippen LogP) is 4.35. The molecule has 0 bridgehead atoms. The van der Waals surface area contributed by atoms with E-state index in [0.717, 1.165) is 45.9 Å². The molecule has 0 aliphatic heterocycles. The lowest BCUT2D eigenvalue weighted by Gasteiger charge is -2.10. The monoisotopic (exact) mass is 464 g/mol. The third-order valence-electron chi connectivity index (χ3n) is 6.03. The van der Waals surface area contributed by atoms with E-state index in [0.29, 0.717) is 18.9 Å². The van der Waals surface area contributed by atoms with Gasteiger partial charge in [-0.25, -0.2) is 14.8 Å². The molecule has 5 rings (SSSR count). The van der Waals surface area contributed by atoms with Gasteiger partial charge in [-0.2, -0.15) is 5.10 Å². The summed E-state index contributed by atoms with van der Waals surface area (Å²) < 4.78 is 2.02. The van der Waals surface area contributed by atoms with Gasteiger partial charge in [-0.15, -0.1) is 5.10 Å². The largest absolute Gasteiger partial charge is 0.326 e. The molecule has 0 fully saturated rings. The van der Waals surface area contributed by atoms with Gasteiger partial charge in [0, 0.05) is 24.4 Å². The number of benzene rings is 3. The molecule has 0 atom stereocenters. The van der Waals surface area contributed by atoms with E-state index >= 15 is 0 Å². The molecule has 0 amide bonds. The number of aromatic nitrogens is 7. The number of tetrazole rings is 1. The van der Waals surface area contributed by atoms with Crippen molar-refractivity contribution in [3.05, 3.63) is 101 Å². The van der Waals surface area contributed by atoms with E-state index in [4.69, 9.17) is 15.8 Å². The fourth-order valence-electron chi connectivity index (χ4n) is 4.05. The fraction of sp³-hybridized carbons (Fsp3) is 0.222. The average Bonchev–Trinajstić information content (AvgIpc) is 3.56. The van der Waals surface area contributed by atoms with E-state index in [1.807, 2.05) is 22.9 Å². The molecule has 0 spiro atoms. The summed E-state index contributed by atoms with van der Waals surface area (Å²) in [6, 6.07) is 25.0. The summed E-state index contributed by atoms with van der Waals surface area (Å²) in [5.74, 6) is 2.74. The van der Waals surface area contributed by atoms with Crippen molar-refractivity contribution in [3.8, 4) is 22.5 Å². The molecule has 8 heteroatoms. The number of H-pyrrole nitrogens is 1. The second-order valence-corrected chi connectivity index (χ2v) is 8.89. The van der Waals surface area contributed by atoms with E-state index < -0.39 is 0 Å². The van der Waals surface area contributed by atoms with Gasteiger partial charge in [-0.3, -0.25) is 0 Å². The van der Waals surface area contributed by atoms with Crippen molar-refractivity contribution < 1.29 is 0 Å². The van der Waals surface area contributed by atoms with Crippen LogP contribution in [0, 0.1) is 0 Å². The highest BCUT2D eigenvalue weighted by Gasteiger charge is 2.14. The second-order valence-electron chi connectivity index (χ2n) is 8.89. The van der Waals surface area contributed by atoms with Gasteiger partial charge < -0.3 is 5.73 Å². The Balaban J connectivity index is 1.40. The Hall–Kier alpha value is -4.17. The van der Waals surface area contributed by atoms with E-state index in [9.17, 15) is 0 Å². The molecule has 0 aliphatic carbocycles. The smallest absolute Gasteiger partial charge is 0.180 e. The van der Waals surface area contributed by atoms with Gasteiger partial charge in [-0.1, -0.05) is 86.6 Å². The zero-order chi connectivity index (χ0) is 24.2. The van der Waals surface area contributed by atoms with Gasteiger partial charge in [0.2, 0.25) is 0 Å². The highest BCUT2D eigenvalue weighted by Crippen LogP contribution is 2.30. The molecule has 3 N–H and O–H groups in total. The summed E-state index contributed by atoms with van der Waals surface area (Å²) in [6.07, 6.45) is 0.723. The number of nitrogens with two attached hydrogens (primary N) is 1. The lowest BCUT2D eigenvalue weighted by molar-refractivity contribution is 0.632. The molecule has 0 unspecified atom stereocenters. The minimum absolute atomic E-state index is 0.263. The highest BCUT2D eigenvalue weighted by molar-refractivity contribution is 5.80. The maximum absolute atomic E-state index is 5.74. The Morgan fingerprint density at radius 1 is 0.857 bits per heavy atom. The predicted molar refractivity (Wildman–Crippen MR) is 135 cm³/mol. The molecule has 0 saturated heterocycles. The molecule has 35 heavy (non-hydrogen) atoms. The van der Waals surface area contributed by atoms with Crippen LogP contribution in [0.2, 0.25) is 0 Å². The Bertz CT molecular complexity index is 1380. The minimum Gasteiger partial charge on any atom is -0.326 e.